The number of rotatable bonds is 5. The molecule has 0 saturated carbocycles. The molecule has 2 N–H and O–H groups in total. The molecule has 37 heavy (non-hydrogen) atoms. The molecule has 0 aliphatic carbocycles. The third-order valence-electron chi connectivity index (χ3n) is 6.19. The van der Waals surface area contributed by atoms with Crippen LogP contribution in [0.3, 0.4) is 0 Å². The van der Waals surface area contributed by atoms with Crippen LogP contribution in [0.5, 0.6) is 0 Å². The van der Waals surface area contributed by atoms with Crippen LogP contribution in [0.15, 0.2) is 61.0 Å². The Kier molecular flexibility index (Phi) is 5.94. The van der Waals surface area contributed by atoms with Crippen LogP contribution in [0.4, 0.5) is 14.5 Å². The van der Waals surface area contributed by atoms with Gasteiger partial charge in [-0.05, 0) is 63.1 Å². The van der Waals surface area contributed by atoms with Gasteiger partial charge in [-0.2, -0.15) is 4.39 Å². The molecule has 0 radical (unpaired) electrons. The van der Waals surface area contributed by atoms with E-state index in [-0.39, 0.29) is 22.7 Å². The van der Waals surface area contributed by atoms with E-state index >= 15 is 0 Å². The Morgan fingerprint density at radius 1 is 1.03 bits per heavy atom. The Hall–Kier alpha value is -4.60. The summed E-state index contributed by atoms with van der Waals surface area (Å²) in [5, 5.41) is 7.23. The lowest BCUT2D eigenvalue weighted by Gasteiger charge is -2.20. The number of pyridine rings is 1. The zero-order valence-corrected chi connectivity index (χ0v) is 20.4. The van der Waals surface area contributed by atoms with Crippen molar-refractivity contribution >= 4 is 16.7 Å². The SMILES string of the molecule is Cc1cc([C@@H](C)Nc2ccc(F)nc2-c2noc(=O)[nH]2)c2oc(-c3ccc(C)c(F)c3)c(C)c(=O)c2c1. The van der Waals surface area contributed by atoms with Gasteiger partial charge in [-0.1, -0.05) is 23.4 Å². The number of fused-ring (bicyclic) bond motifs is 1. The van der Waals surface area contributed by atoms with Crippen molar-refractivity contribution in [3.63, 3.8) is 0 Å². The van der Waals surface area contributed by atoms with E-state index in [1.54, 1.807) is 32.0 Å². The highest BCUT2D eigenvalue weighted by Gasteiger charge is 2.21. The van der Waals surface area contributed by atoms with E-state index in [2.05, 4.69) is 25.0 Å². The van der Waals surface area contributed by atoms with Crippen molar-refractivity contribution in [1.29, 1.82) is 0 Å². The van der Waals surface area contributed by atoms with E-state index in [0.717, 1.165) is 5.56 Å². The molecule has 188 valence electrons. The second-order valence-corrected chi connectivity index (χ2v) is 8.92. The van der Waals surface area contributed by atoms with Crippen molar-refractivity contribution in [2.75, 3.05) is 5.32 Å². The van der Waals surface area contributed by atoms with E-state index in [4.69, 9.17) is 4.42 Å². The van der Waals surface area contributed by atoms with E-state index in [0.29, 0.717) is 38.9 Å². The standard InChI is InChI=1S/C27H22F2N4O4/c1-12-9-17(15(4)30-20-7-8-21(29)31-22(20)26-32-27(35)37-33-26)25-18(10-12)23(34)14(3)24(36-25)16-6-5-13(2)19(28)11-16/h5-11,15,30H,1-4H3,(H,32,33,35)/t15-/m1/s1. The van der Waals surface area contributed by atoms with E-state index in [9.17, 15) is 18.4 Å². The maximum Gasteiger partial charge on any atom is 0.439 e. The number of aryl methyl sites for hydroxylation is 2. The minimum atomic E-state index is -0.804. The monoisotopic (exact) mass is 504 g/mol. The fraction of sp³-hybridized carbons (Fsp3) is 0.185. The molecule has 3 heterocycles. The number of aromatic nitrogens is 3. The van der Waals surface area contributed by atoms with Crippen LogP contribution in [0.25, 0.3) is 33.8 Å². The van der Waals surface area contributed by atoms with E-state index in [1.165, 1.54) is 18.2 Å². The number of aromatic amines is 1. The molecule has 3 aromatic heterocycles. The van der Waals surface area contributed by atoms with Gasteiger partial charge in [0.25, 0.3) is 0 Å². The normalized spacial score (nSPS) is 12.2. The Labute approximate surface area is 209 Å². The summed E-state index contributed by atoms with van der Waals surface area (Å²) in [5.41, 5.74) is 3.30. The summed E-state index contributed by atoms with van der Waals surface area (Å²) in [7, 11) is 0. The van der Waals surface area contributed by atoms with Crippen molar-refractivity contribution < 1.29 is 17.7 Å². The number of hydrogen-bond acceptors (Lipinski definition) is 7. The van der Waals surface area contributed by atoms with Gasteiger partial charge in [0.05, 0.1) is 17.1 Å². The van der Waals surface area contributed by atoms with Gasteiger partial charge in [0.1, 0.15) is 22.9 Å². The van der Waals surface area contributed by atoms with Gasteiger partial charge in [-0.25, -0.2) is 14.2 Å². The third-order valence-corrected chi connectivity index (χ3v) is 6.19. The van der Waals surface area contributed by atoms with Gasteiger partial charge in [-0.3, -0.25) is 14.3 Å². The summed E-state index contributed by atoms with van der Waals surface area (Å²) in [6.07, 6.45) is 0. The molecule has 0 saturated heterocycles. The van der Waals surface area contributed by atoms with Gasteiger partial charge in [0.2, 0.25) is 11.8 Å². The summed E-state index contributed by atoms with van der Waals surface area (Å²) < 4.78 is 39.1. The number of benzene rings is 2. The topological polar surface area (TPSA) is 114 Å². The average Bonchev–Trinajstić information content (AvgIpc) is 3.30. The molecule has 10 heteroatoms. The van der Waals surface area contributed by atoms with E-state index < -0.39 is 23.6 Å². The highest BCUT2D eigenvalue weighted by molar-refractivity contribution is 5.85. The highest BCUT2D eigenvalue weighted by atomic mass is 19.1. The fourth-order valence-electron chi connectivity index (χ4n) is 4.27. The molecule has 5 aromatic rings. The Morgan fingerprint density at radius 3 is 2.51 bits per heavy atom. The summed E-state index contributed by atoms with van der Waals surface area (Å²) >= 11 is 0. The van der Waals surface area contributed by atoms with Crippen molar-refractivity contribution in [3.05, 3.63) is 97.3 Å². The average molecular weight is 504 g/mol. The minimum Gasteiger partial charge on any atom is -0.455 e. The largest absolute Gasteiger partial charge is 0.455 e. The number of nitrogens with one attached hydrogen (secondary N) is 2. The van der Waals surface area contributed by atoms with Crippen molar-refractivity contribution in [2.24, 2.45) is 0 Å². The minimum absolute atomic E-state index is 0.0425. The number of halogens is 2. The molecule has 0 aliphatic heterocycles. The van der Waals surface area contributed by atoms with Gasteiger partial charge < -0.3 is 9.73 Å². The van der Waals surface area contributed by atoms with Crippen LogP contribution in [0, 0.1) is 32.5 Å². The smallest absolute Gasteiger partial charge is 0.439 e. The van der Waals surface area contributed by atoms with Crippen molar-refractivity contribution in [3.8, 4) is 22.8 Å². The molecular formula is C27H22F2N4O4. The molecule has 0 amide bonds. The van der Waals surface area contributed by atoms with Gasteiger partial charge in [0, 0.05) is 16.7 Å². The highest BCUT2D eigenvalue weighted by Crippen LogP contribution is 2.34. The Morgan fingerprint density at radius 2 is 1.81 bits per heavy atom. The molecule has 0 unspecified atom stereocenters. The first-order valence-electron chi connectivity index (χ1n) is 11.5. The molecule has 0 spiro atoms. The van der Waals surface area contributed by atoms with Crippen LogP contribution >= 0.6 is 0 Å². The first kappa shape index (κ1) is 24.1. The third kappa shape index (κ3) is 4.42. The molecule has 8 nitrogen and oxygen atoms in total. The zero-order chi connectivity index (χ0) is 26.4. The molecule has 5 rings (SSSR count). The lowest BCUT2D eigenvalue weighted by atomic mass is 9.98. The first-order chi connectivity index (χ1) is 17.6. The second kappa shape index (κ2) is 9.12. The molecule has 1 atom stereocenters. The summed E-state index contributed by atoms with van der Waals surface area (Å²) in [4.78, 5) is 31.0. The summed E-state index contributed by atoms with van der Waals surface area (Å²) in [6, 6.07) is 10.4. The first-order valence-corrected chi connectivity index (χ1v) is 11.5. The maximum atomic E-state index is 14.3. The summed E-state index contributed by atoms with van der Waals surface area (Å²) in [6.45, 7) is 7.00. The number of nitrogens with zero attached hydrogens (tertiary/aromatic N) is 2. The number of hydrogen-bond donors (Lipinski definition) is 2. The Bertz CT molecular complexity index is 1790. The fourth-order valence-corrected chi connectivity index (χ4v) is 4.27. The van der Waals surface area contributed by atoms with Crippen LogP contribution in [0.1, 0.15) is 35.2 Å². The Balaban J connectivity index is 1.65. The van der Waals surface area contributed by atoms with Gasteiger partial charge in [0.15, 0.2) is 5.43 Å². The molecule has 0 aliphatic rings. The maximum absolute atomic E-state index is 14.3. The molecule has 0 fully saturated rings. The number of H-pyrrole nitrogens is 1. The van der Waals surface area contributed by atoms with Crippen molar-refractivity contribution in [2.45, 2.75) is 33.7 Å². The van der Waals surface area contributed by atoms with E-state index in [1.807, 2.05) is 19.9 Å². The van der Waals surface area contributed by atoms with Gasteiger partial charge in [-0.15, -0.1) is 0 Å². The molecular weight excluding hydrogens is 482 g/mol. The zero-order valence-electron chi connectivity index (χ0n) is 20.4. The van der Waals surface area contributed by atoms with Gasteiger partial charge >= 0.3 is 5.76 Å². The quantitative estimate of drug-likeness (QED) is 0.301. The predicted octanol–water partition coefficient (Wildman–Crippen LogP) is 5.57. The predicted molar refractivity (Wildman–Crippen MR) is 134 cm³/mol. The van der Waals surface area contributed by atoms with Crippen LogP contribution in [-0.4, -0.2) is 15.1 Å². The van der Waals surface area contributed by atoms with Crippen LogP contribution < -0.4 is 16.5 Å². The lowest BCUT2D eigenvalue weighted by Crippen LogP contribution is -2.13. The molecule has 2 aromatic carbocycles. The molecule has 0 bridgehead atoms. The van der Waals surface area contributed by atoms with Crippen LogP contribution in [0.2, 0.25) is 0 Å². The van der Waals surface area contributed by atoms with Crippen LogP contribution in [-0.2, 0) is 0 Å². The summed E-state index contributed by atoms with van der Waals surface area (Å²) in [5.74, 6) is -1.74. The number of anilines is 1. The lowest BCUT2D eigenvalue weighted by molar-refractivity contribution is 0.387. The van der Waals surface area contributed by atoms with Crippen molar-refractivity contribution in [1.82, 2.24) is 15.1 Å². The second-order valence-electron chi connectivity index (χ2n) is 8.92.